The summed E-state index contributed by atoms with van der Waals surface area (Å²) in [6.45, 7) is 0. The average Bonchev–Trinajstić information content (AvgIpc) is 2.45. The number of nitrogens with zero attached hydrogens (tertiary/aromatic N) is 1. The third kappa shape index (κ3) is 5.48. The summed E-state index contributed by atoms with van der Waals surface area (Å²) in [5.74, 6) is 0. The van der Waals surface area contributed by atoms with Gasteiger partial charge in [0.25, 0.3) is 0 Å². The van der Waals surface area contributed by atoms with Crippen molar-refractivity contribution < 1.29 is 71.2 Å². The summed E-state index contributed by atoms with van der Waals surface area (Å²) < 4.78 is 5.34. The van der Waals surface area contributed by atoms with Crippen molar-refractivity contribution in [2.75, 3.05) is 0 Å². The van der Waals surface area contributed by atoms with Crippen LogP contribution in [0.2, 0.25) is 0 Å². The summed E-state index contributed by atoms with van der Waals surface area (Å²) >= 11 is 6.50. The average molecular weight is 992 g/mol. The van der Waals surface area contributed by atoms with Gasteiger partial charge >= 0.3 is 146 Å². The van der Waals surface area contributed by atoms with E-state index in [1.165, 1.54) is 9.46 Å². The molecule has 0 bridgehead atoms. The summed E-state index contributed by atoms with van der Waals surface area (Å²) in [5, 5.41) is 1.58. The molecule has 1 aliphatic heterocycles. The number of hydrogen-bond acceptors (Lipinski definition) is 1. The molecule has 0 fully saturated rings. The van der Waals surface area contributed by atoms with E-state index >= 15 is 0 Å². The monoisotopic (exact) mass is 993 g/mol. The molecule has 0 amide bonds. The van der Waals surface area contributed by atoms with Crippen LogP contribution in [0.25, 0.3) is 0 Å². The van der Waals surface area contributed by atoms with E-state index in [9.17, 15) is 0 Å². The van der Waals surface area contributed by atoms with Crippen molar-refractivity contribution in [1.82, 2.24) is 4.67 Å². The first-order valence-corrected chi connectivity index (χ1v) is 25.1. The topological polar surface area (TPSA) is 3.24 Å². The van der Waals surface area contributed by atoms with Gasteiger partial charge in [0.1, 0.15) is 0 Å². The van der Waals surface area contributed by atoms with Gasteiger partial charge in [-0.3, -0.25) is 0 Å². The van der Waals surface area contributed by atoms with E-state index in [2.05, 4.69) is 40.8 Å². The van der Waals surface area contributed by atoms with Gasteiger partial charge in [0.2, 0.25) is 0 Å². The molecular weight excluding hydrogens is 983 g/mol. The normalized spacial score (nSPS) is 16.7. The fourth-order valence-electron chi connectivity index (χ4n) is 0.911. The molecule has 0 N–H and O–H groups in total. The molecule has 84 valence electrons. The molecule has 0 spiro atoms. The molecule has 1 rings (SSSR count). The van der Waals surface area contributed by atoms with Crippen LogP contribution in [0.4, 0.5) is 0 Å². The predicted octanol–water partition coefficient (Wildman–Crippen LogP) is 2.18. The van der Waals surface area contributed by atoms with Crippen LogP contribution in [-0.4, -0.2) is 12.6 Å². The Morgan fingerprint density at radius 3 is 1.93 bits per heavy atom. The molecule has 1 heterocycles. The van der Waals surface area contributed by atoms with Crippen LogP contribution in [0.3, 0.4) is 0 Å². The Labute approximate surface area is 144 Å². The molecule has 0 saturated heterocycles. The molecule has 5 atom stereocenters. The zero-order chi connectivity index (χ0) is 12.2. The summed E-state index contributed by atoms with van der Waals surface area (Å²) in [6, 6.07) is 0. The summed E-state index contributed by atoms with van der Waals surface area (Å²) in [4.78, 5) is 0. The Kier molecular flexibility index (Phi) is 13.5. The van der Waals surface area contributed by atoms with E-state index in [0.717, 1.165) is 8.27 Å². The third-order valence-electron chi connectivity index (χ3n) is 1.49. The van der Waals surface area contributed by atoms with Crippen LogP contribution in [0, 0.1) is 0 Å². The van der Waals surface area contributed by atoms with Crippen molar-refractivity contribution in [1.29, 1.82) is 0 Å². The van der Waals surface area contributed by atoms with E-state index in [-0.39, 0.29) is 7.30 Å². The fraction of sp³-hybridized carbons (Fsp3) is 0. The Bertz CT molecular complexity index is 316. The summed E-state index contributed by atoms with van der Waals surface area (Å²) in [7, 11) is 12.2. The second-order valence-corrected chi connectivity index (χ2v) is 13.6. The zero-order valence-corrected chi connectivity index (χ0v) is 25.6. The first kappa shape index (κ1) is 19.6. The zero-order valence-electron chi connectivity index (χ0n) is 7.34. The Balaban J connectivity index is 0.000000921. The van der Waals surface area contributed by atoms with Crippen molar-refractivity contribution in [3.8, 4) is 0 Å². The Morgan fingerprint density at radius 1 is 1.20 bits per heavy atom. The Hall–Kier alpha value is 4.61. The summed E-state index contributed by atoms with van der Waals surface area (Å²) in [6.07, 6.45) is 0. The van der Waals surface area contributed by atoms with Gasteiger partial charge in [0.05, 0.1) is 0 Å². The molecule has 5 unspecified atom stereocenters. The molecule has 0 aromatic carbocycles. The third-order valence-corrected chi connectivity index (χ3v) is 12.8. The van der Waals surface area contributed by atoms with Crippen molar-refractivity contribution in [2.24, 2.45) is 0 Å². The molecular formula is C4H9NP6W4. The van der Waals surface area contributed by atoms with Crippen molar-refractivity contribution in [2.45, 2.75) is 0 Å². The quantitative estimate of drug-likeness (QED) is 0.385. The van der Waals surface area contributed by atoms with Crippen LogP contribution in [0.1, 0.15) is 0 Å². The van der Waals surface area contributed by atoms with Gasteiger partial charge in [-0.25, -0.2) is 0 Å². The maximum atomic E-state index is 2.93. The van der Waals surface area contributed by atoms with Crippen LogP contribution in [0.5, 0.6) is 0 Å². The minimum atomic E-state index is -0.111. The minimum absolute atomic E-state index is 0.111. The molecule has 1 nitrogen and oxygen atoms in total. The van der Waals surface area contributed by atoms with Crippen molar-refractivity contribution >= 4 is 59.7 Å². The van der Waals surface area contributed by atoms with Crippen LogP contribution >= 0.6 is 51.7 Å². The van der Waals surface area contributed by atoms with Crippen molar-refractivity contribution in [3.05, 3.63) is 10.8 Å². The van der Waals surface area contributed by atoms with Crippen LogP contribution in [-0.2, 0) is 71.2 Å². The first-order chi connectivity index (χ1) is 7.00. The van der Waals surface area contributed by atoms with Gasteiger partial charge < -0.3 is 0 Å². The van der Waals surface area contributed by atoms with Crippen LogP contribution in [0.15, 0.2) is 10.8 Å². The Morgan fingerprint density at radius 2 is 1.67 bits per heavy atom. The molecule has 11 heteroatoms. The standard InChI is InChI=1S/C4H9NP6.4W/c6-5-2-1-3(11(8)9)4(5)10-7;;;;/h10H,6-9H2;;;;. The molecule has 0 saturated carbocycles. The molecule has 1 aliphatic rings. The molecule has 0 aromatic rings. The SMILES string of the molecule is PPC1=C(P(P)P)[C](=[W])[C](=[W])N1P.[W]=[W]. The summed E-state index contributed by atoms with van der Waals surface area (Å²) in [5.41, 5.74) is 1.49. The number of rotatable bonds is 2. The van der Waals surface area contributed by atoms with E-state index in [0.29, 0.717) is 0 Å². The first-order valence-electron chi connectivity index (χ1n) is 3.31. The van der Waals surface area contributed by atoms with E-state index in [4.69, 9.17) is 0 Å². The fourth-order valence-corrected chi connectivity index (χ4v) is 13.3. The van der Waals surface area contributed by atoms with E-state index in [1.54, 1.807) is 80.4 Å². The second-order valence-electron chi connectivity index (χ2n) is 2.25. The van der Waals surface area contributed by atoms with Crippen LogP contribution < -0.4 is 0 Å². The van der Waals surface area contributed by atoms with E-state index in [1.807, 2.05) is 0 Å². The van der Waals surface area contributed by atoms with Gasteiger partial charge in [0, 0.05) is 0 Å². The molecule has 0 aliphatic carbocycles. The van der Waals surface area contributed by atoms with Gasteiger partial charge in [-0.1, -0.05) is 0 Å². The second kappa shape index (κ2) is 10.4. The molecule has 0 aromatic heterocycles. The molecule has 15 heavy (non-hydrogen) atoms. The predicted molar refractivity (Wildman–Crippen MR) is 73.0 cm³/mol. The number of hydrogen-bond donors (Lipinski definition) is 0. The maximum absolute atomic E-state index is 2.93. The molecule has 0 radical (unpaired) electrons. The van der Waals surface area contributed by atoms with Gasteiger partial charge in [-0.15, -0.1) is 0 Å². The van der Waals surface area contributed by atoms with E-state index < -0.39 is 0 Å². The van der Waals surface area contributed by atoms with Gasteiger partial charge in [-0.2, -0.15) is 0 Å². The van der Waals surface area contributed by atoms with Gasteiger partial charge in [-0.05, 0) is 0 Å². The van der Waals surface area contributed by atoms with Crippen molar-refractivity contribution in [3.63, 3.8) is 0 Å². The van der Waals surface area contributed by atoms with Gasteiger partial charge in [0.15, 0.2) is 0 Å².